The molecule has 0 radical (unpaired) electrons. The maximum Gasteiger partial charge on any atom is 0.0139 e. The first kappa shape index (κ1) is 12.0. The lowest BCUT2D eigenvalue weighted by Crippen LogP contribution is -2.26. The highest BCUT2D eigenvalue weighted by atomic mass is 32.2. The molecule has 2 heteroatoms. The van der Waals surface area contributed by atoms with E-state index in [1.54, 1.807) is 0 Å². The van der Waals surface area contributed by atoms with Crippen LogP contribution >= 0.6 is 11.8 Å². The van der Waals surface area contributed by atoms with Crippen molar-refractivity contribution in [2.45, 2.75) is 33.2 Å². The summed E-state index contributed by atoms with van der Waals surface area (Å²) in [6.45, 7) is 7.52. The van der Waals surface area contributed by atoms with E-state index < -0.39 is 0 Å². The Hall–Kier alpha value is 0.0500. The van der Waals surface area contributed by atoms with Crippen molar-refractivity contribution < 1.29 is 0 Å². The van der Waals surface area contributed by atoms with Gasteiger partial charge in [-0.1, -0.05) is 11.6 Å². The van der Waals surface area contributed by atoms with Crippen LogP contribution in [0.1, 0.15) is 27.2 Å². The lowest BCUT2D eigenvalue weighted by Gasteiger charge is -2.10. The smallest absolute Gasteiger partial charge is 0.0139 e. The van der Waals surface area contributed by atoms with Gasteiger partial charge in [0.15, 0.2) is 0 Å². The molecule has 0 aliphatic heterocycles. The number of nitrogens with one attached hydrogen (secondary N) is 1. The second-order valence-electron chi connectivity index (χ2n) is 3.37. The molecule has 0 saturated heterocycles. The number of hydrogen-bond acceptors (Lipinski definition) is 2. The molecule has 1 atom stereocenters. The lowest BCUT2D eigenvalue weighted by atomic mass is 10.2. The molecule has 0 amide bonds. The van der Waals surface area contributed by atoms with Crippen molar-refractivity contribution in [2.24, 2.45) is 0 Å². The molecule has 0 aromatic rings. The molecule has 0 fully saturated rings. The average molecular weight is 187 g/mol. The van der Waals surface area contributed by atoms with Gasteiger partial charge in [0.05, 0.1) is 0 Å². The van der Waals surface area contributed by atoms with Gasteiger partial charge in [-0.3, -0.25) is 0 Å². The van der Waals surface area contributed by atoms with Gasteiger partial charge in [0, 0.05) is 12.6 Å². The molecule has 0 spiro atoms. The minimum Gasteiger partial charge on any atom is -0.311 e. The van der Waals surface area contributed by atoms with Crippen LogP contribution in [0.3, 0.4) is 0 Å². The molecule has 0 aromatic carbocycles. The number of rotatable bonds is 6. The monoisotopic (exact) mass is 187 g/mol. The predicted octanol–water partition coefficient (Wildman–Crippen LogP) is 2.68. The van der Waals surface area contributed by atoms with Crippen molar-refractivity contribution in [3.8, 4) is 0 Å². The van der Waals surface area contributed by atoms with E-state index in [-0.39, 0.29) is 0 Å². The first-order valence-electron chi connectivity index (χ1n) is 4.52. The maximum absolute atomic E-state index is 3.46. The molecule has 1 N–H and O–H groups in total. The summed E-state index contributed by atoms with van der Waals surface area (Å²) < 4.78 is 0. The summed E-state index contributed by atoms with van der Waals surface area (Å²) in [4.78, 5) is 0. The molecule has 1 unspecified atom stereocenters. The molecule has 0 heterocycles. The highest BCUT2D eigenvalue weighted by Gasteiger charge is 1.97. The lowest BCUT2D eigenvalue weighted by molar-refractivity contribution is 0.570. The van der Waals surface area contributed by atoms with Crippen LogP contribution in [0, 0.1) is 0 Å². The molecule has 12 heavy (non-hydrogen) atoms. The number of allylic oxidation sites excluding steroid dienone is 1. The zero-order chi connectivity index (χ0) is 9.40. The molecule has 1 nitrogen and oxygen atoms in total. The summed E-state index contributed by atoms with van der Waals surface area (Å²) in [5.41, 5.74) is 1.39. The average Bonchev–Trinajstić information content (AvgIpc) is 2.00. The Bertz CT molecular complexity index is 128. The van der Waals surface area contributed by atoms with Crippen molar-refractivity contribution in [3.63, 3.8) is 0 Å². The Morgan fingerprint density at radius 2 is 2.17 bits per heavy atom. The Morgan fingerprint density at radius 1 is 1.50 bits per heavy atom. The van der Waals surface area contributed by atoms with E-state index in [9.17, 15) is 0 Å². The quantitative estimate of drug-likeness (QED) is 0.642. The zero-order valence-corrected chi connectivity index (χ0v) is 9.50. The topological polar surface area (TPSA) is 12.0 Å². The molecule has 0 aromatic heterocycles. The molecule has 0 bridgehead atoms. The van der Waals surface area contributed by atoms with Crippen LogP contribution in [-0.4, -0.2) is 24.6 Å². The fraction of sp³-hybridized carbons (Fsp3) is 0.800. The van der Waals surface area contributed by atoms with Gasteiger partial charge in [-0.25, -0.2) is 0 Å². The van der Waals surface area contributed by atoms with Crippen LogP contribution in [0.15, 0.2) is 11.6 Å². The van der Waals surface area contributed by atoms with Crippen molar-refractivity contribution in [1.29, 1.82) is 0 Å². The number of hydrogen-bond donors (Lipinski definition) is 1. The first-order valence-corrected chi connectivity index (χ1v) is 5.92. The summed E-state index contributed by atoms with van der Waals surface area (Å²) in [7, 11) is 0. The molecule has 0 aliphatic carbocycles. The van der Waals surface area contributed by atoms with Gasteiger partial charge in [0.25, 0.3) is 0 Å². The summed E-state index contributed by atoms with van der Waals surface area (Å²) in [5.74, 6) is 1.25. The standard InChI is InChI=1S/C10H21NS/c1-9(2)5-7-11-10(3)6-8-12-4/h5,10-11H,6-8H2,1-4H3. The minimum atomic E-state index is 0.646. The summed E-state index contributed by atoms with van der Waals surface area (Å²) in [5, 5.41) is 3.46. The third-order valence-electron chi connectivity index (χ3n) is 1.73. The molecule has 0 rings (SSSR count). The number of thioether (sulfide) groups is 1. The van der Waals surface area contributed by atoms with Crippen molar-refractivity contribution in [3.05, 3.63) is 11.6 Å². The van der Waals surface area contributed by atoms with Gasteiger partial charge >= 0.3 is 0 Å². The van der Waals surface area contributed by atoms with Crippen LogP contribution in [0.25, 0.3) is 0 Å². The van der Waals surface area contributed by atoms with Crippen molar-refractivity contribution in [1.82, 2.24) is 5.32 Å². The first-order chi connectivity index (χ1) is 5.66. The zero-order valence-electron chi connectivity index (χ0n) is 8.68. The second kappa shape index (κ2) is 7.69. The van der Waals surface area contributed by atoms with Crippen molar-refractivity contribution >= 4 is 11.8 Å². The molecule has 0 saturated carbocycles. The van der Waals surface area contributed by atoms with Crippen molar-refractivity contribution in [2.75, 3.05) is 18.6 Å². The van der Waals surface area contributed by atoms with E-state index in [2.05, 4.69) is 38.4 Å². The van der Waals surface area contributed by atoms with E-state index in [1.807, 2.05) is 11.8 Å². The fourth-order valence-electron chi connectivity index (χ4n) is 0.861. The third kappa shape index (κ3) is 8.15. The predicted molar refractivity (Wildman–Crippen MR) is 59.9 cm³/mol. The Morgan fingerprint density at radius 3 is 2.67 bits per heavy atom. The van der Waals surface area contributed by atoms with E-state index in [1.165, 1.54) is 17.7 Å². The summed E-state index contributed by atoms with van der Waals surface area (Å²) in [6, 6.07) is 0.646. The van der Waals surface area contributed by atoms with Crippen LogP contribution < -0.4 is 5.32 Å². The Kier molecular flexibility index (Phi) is 7.72. The molecule has 72 valence electrons. The van der Waals surface area contributed by atoms with Gasteiger partial charge in [-0.05, 0) is 39.2 Å². The molecule has 0 aliphatic rings. The fourth-order valence-corrected chi connectivity index (χ4v) is 1.45. The van der Waals surface area contributed by atoms with E-state index in [0.29, 0.717) is 6.04 Å². The molecular weight excluding hydrogens is 166 g/mol. The minimum absolute atomic E-state index is 0.646. The highest BCUT2D eigenvalue weighted by Crippen LogP contribution is 1.99. The maximum atomic E-state index is 3.46. The normalized spacial score (nSPS) is 12.7. The van der Waals surface area contributed by atoms with Crippen LogP contribution in [-0.2, 0) is 0 Å². The molecular formula is C10H21NS. The Labute approximate surface area is 81.0 Å². The van der Waals surface area contributed by atoms with E-state index in [4.69, 9.17) is 0 Å². The van der Waals surface area contributed by atoms with Gasteiger partial charge in [0.2, 0.25) is 0 Å². The SMILES string of the molecule is CSCCC(C)NCC=C(C)C. The summed E-state index contributed by atoms with van der Waals surface area (Å²) >= 11 is 1.91. The van der Waals surface area contributed by atoms with E-state index in [0.717, 1.165) is 6.54 Å². The highest BCUT2D eigenvalue weighted by molar-refractivity contribution is 7.98. The van der Waals surface area contributed by atoms with Gasteiger partial charge in [0.1, 0.15) is 0 Å². The van der Waals surface area contributed by atoms with Crippen LogP contribution in [0.5, 0.6) is 0 Å². The summed E-state index contributed by atoms with van der Waals surface area (Å²) in [6.07, 6.45) is 5.65. The Balaban J connectivity index is 3.31. The van der Waals surface area contributed by atoms with Gasteiger partial charge < -0.3 is 5.32 Å². The van der Waals surface area contributed by atoms with Gasteiger partial charge in [-0.15, -0.1) is 0 Å². The second-order valence-corrected chi connectivity index (χ2v) is 4.36. The third-order valence-corrected chi connectivity index (χ3v) is 2.38. The van der Waals surface area contributed by atoms with Crippen LogP contribution in [0.4, 0.5) is 0 Å². The largest absolute Gasteiger partial charge is 0.311 e. The van der Waals surface area contributed by atoms with Crippen LogP contribution in [0.2, 0.25) is 0 Å². The van der Waals surface area contributed by atoms with Gasteiger partial charge in [-0.2, -0.15) is 11.8 Å². The van der Waals surface area contributed by atoms with E-state index >= 15 is 0 Å².